The molecule has 0 unspecified atom stereocenters. The number of piperidine rings is 1. The Labute approximate surface area is 173 Å². The molecule has 0 saturated carbocycles. The van der Waals surface area contributed by atoms with E-state index in [0.29, 0.717) is 6.54 Å². The zero-order valence-electron chi connectivity index (χ0n) is 16.3. The van der Waals surface area contributed by atoms with Gasteiger partial charge in [0.25, 0.3) is 0 Å². The van der Waals surface area contributed by atoms with Gasteiger partial charge >= 0.3 is 0 Å². The van der Waals surface area contributed by atoms with E-state index in [0.717, 1.165) is 31.2 Å². The molecule has 1 aromatic rings. The minimum atomic E-state index is -0.351. The summed E-state index contributed by atoms with van der Waals surface area (Å²) in [7, 11) is 3.21. The Morgan fingerprint density at radius 3 is 2.50 bits per heavy atom. The van der Waals surface area contributed by atoms with E-state index in [1.54, 1.807) is 13.1 Å². The van der Waals surface area contributed by atoms with Crippen LogP contribution in [0, 0.1) is 5.82 Å². The van der Waals surface area contributed by atoms with Gasteiger partial charge in [-0.15, -0.1) is 24.0 Å². The summed E-state index contributed by atoms with van der Waals surface area (Å²) in [6, 6.07) is 4.97. The van der Waals surface area contributed by atoms with E-state index in [9.17, 15) is 4.39 Å². The lowest BCUT2D eigenvalue weighted by molar-refractivity contribution is 0.0982. The van der Waals surface area contributed by atoms with E-state index in [2.05, 4.69) is 34.4 Å². The lowest BCUT2D eigenvalue weighted by Crippen LogP contribution is -2.54. The molecule has 0 atom stereocenters. The highest BCUT2D eigenvalue weighted by atomic mass is 127. The van der Waals surface area contributed by atoms with Crippen molar-refractivity contribution in [1.29, 1.82) is 0 Å². The third-order valence-electron chi connectivity index (χ3n) is 4.80. The number of guanidine groups is 1. The van der Waals surface area contributed by atoms with Crippen molar-refractivity contribution < 1.29 is 9.13 Å². The number of aliphatic imine (C=N–C) groups is 1. The van der Waals surface area contributed by atoms with Crippen molar-refractivity contribution in [1.82, 2.24) is 15.5 Å². The highest BCUT2D eigenvalue weighted by molar-refractivity contribution is 14.0. The maximum absolute atomic E-state index is 13.8. The Hall–Kier alpha value is -1.09. The molecule has 1 aromatic carbocycles. The predicted molar refractivity (Wildman–Crippen MR) is 116 cm³/mol. The van der Waals surface area contributed by atoms with Crippen LogP contribution in [-0.4, -0.2) is 50.2 Å². The molecule has 1 aliphatic rings. The molecule has 1 heterocycles. The zero-order chi connectivity index (χ0) is 18.3. The van der Waals surface area contributed by atoms with Gasteiger partial charge in [-0.3, -0.25) is 9.89 Å². The Balaban J connectivity index is 0.00000338. The molecule has 26 heavy (non-hydrogen) atoms. The van der Waals surface area contributed by atoms with Gasteiger partial charge in [0.05, 0.1) is 7.11 Å². The molecule has 1 aliphatic heterocycles. The zero-order valence-corrected chi connectivity index (χ0v) is 18.6. The first-order valence-electron chi connectivity index (χ1n) is 8.98. The third kappa shape index (κ3) is 6.57. The number of hydrogen-bond donors (Lipinski definition) is 2. The Kier molecular flexibility index (Phi) is 9.63. The lowest BCUT2D eigenvalue weighted by atomic mass is 9.98. The molecule has 1 fully saturated rings. The van der Waals surface area contributed by atoms with Crippen LogP contribution in [0.15, 0.2) is 23.2 Å². The summed E-state index contributed by atoms with van der Waals surface area (Å²) < 4.78 is 18.7. The topological polar surface area (TPSA) is 48.9 Å². The fourth-order valence-corrected chi connectivity index (χ4v) is 3.14. The summed E-state index contributed by atoms with van der Waals surface area (Å²) in [4.78, 5) is 6.80. The van der Waals surface area contributed by atoms with Crippen LogP contribution < -0.4 is 15.4 Å². The van der Waals surface area contributed by atoms with Gasteiger partial charge in [0.15, 0.2) is 17.5 Å². The molecule has 148 valence electrons. The van der Waals surface area contributed by atoms with Gasteiger partial charge in [-0.05, 0) is 57.5 Å². The molecule has 0 radical (unpaired) electrons. The summed E-state index contributed by atoms with van der Waals surface area (Å²) in [5.74, 6) is 0.631. The molecule has 0 aromatic heterocycles. The monoisotopic (exact) mass is 478 g/mol. The predicted octanol–water partition coefficient (Wildman–Crippen LogP) is 3.38. The molecule has 2 rings (SSSR count). The molecule has 0 bridgehead atoms. The molecule has 0 amide bonds. The van der Waals surface area contributed by atoms with E-state index in [4.69, 9.17) is 4.74 Å². The Morgan fingerprint density at radius 2 is 1.92 bits per heavy atom. The normalized spacial score (nSPS) is 16.0. The summed E-state index contributed by atoms with van der Waals surface area (Å²) in [6.07, 6.45) is 3.89. The first kappa shape index (κ1) is 23.0. The number of benzene rings is 1. The number of rotatable bonds is 6. The quantitative estimate of drug-likeness (QED) is 0.374. The summed E-state index contributed by atoms with van der Waals surface area (Å²) in [5, 5.41) is 6.63. The first-order valence-corrected chi connectivity index (χ1v) is 8.98. The highest BCUT2D eigenvalue weighted by Gasteiger charge is 2.27. The molecule has 1 saturated heterocycles. The van der Waals surface area contributed by atoms with Gasteiger partial charge < -0.3 is 15.4 Å². The summed E-state index contributed by atoms with van der Waals surface area (Å²) >= 11 is 0. The van der Waals surface area contributed by atoms with E-state index < -0.39 is 0 Å². The van der Waals surface area contributed by atoms with Crippen molar-refractivity contribution in [3.63, 3.8) is 0 Å². The van der Waals surface area contributed by atoms with E-state index in [-0.39, 0.29) is 41.1 Å². The van der Waals surface area contributed by atoms with Crippen LogP contribution in [0.1, 0.15) is 38.7 Å². The van der Waals surface area contributed by atoms with Gasteiger partial charge in [0.1, 0.15) is 0 Å². The van der Waals surface area contributed by atoms with Crippen molar-refractivity contribution in [2.45, 2.75) is 45.2 Å². The second-order valence-electron chi connectivity index (χ2n) is 7.11. The number of ether oxygens (including phenoxy) is 1. The van der Waals surface area contributed by atoms with E-state index in [1.807, 2.05) is 6.07 Å². The number of halogens is 2. The molecule has 2 N–H and O–H groups in total. The highest BCUT2D eigenvalue weighted by Crippen LogP contribution is 2.20. The van der Waals surface area contributed by atoms with Crippen LogP contribution in [0.25, 0.3) is 0 Å². The smallest absolute Gasteiger partial charge is 0.191 e. The molecule has 5 nitrogen and oxygen atoms in total. The largest absolute Gasteiger partial charge is 0.494 e. The van der Waals surface area contributed by atoms with Crippen LogP contribution in [0.5, 0.6) is 5.75 Å². The summed E-state index contributed by atoms with van der Waals surface area (Å²) in [6.45, 7) is 8.15. The SMILES string of the molecule is CN=C(NCc1ccc(OC)c(F)c1)NCC(C)(C)N1CCCCC1.I. The minimum absolute atomic E-state index is 0. The summed E-state index contributed by atoms with van der Waals surface area (Å²) in [5.41, 5.74) is 0.918. The molecule has 0 aliphatic carbocycles. The van der Waals surface area contributed by atoms with Crippen LogP contribution in [0.3, 0.4) is 0 Å². The Bertz CT molecular complexity index is 589. The number of likely N-dealkylation sites (tertiary alicyclic amines) is 1. The van der Waals surface area contributed by atoms with Crippen molar-refractivity contribution in [2.75, 3.05) is 33.8 Å². The van der Waals surface area contributed by atoms with Crippen LogP contribution >= 0.6 is 24.0 Å². The standard InChI is InChI=1S/C19H31FN4O.HI/c1-19(2,24-10-6-5-7-11-24)14-23-18(21-3)22-13-15-8-9-17(25-4)16(20)12-15;/h8-9,12H,5-7,10-11,13-14H2,1-4H3,(H2,21,22,23);1H. The molecule has 7 heteroatoms. The van der Waals surface area contributed by atoms with Crippen molar-refractivity contribution >= 4 is 29.9 Å². The van der Waals surface area contributed by atoms with Crippen LogP contribution in [0.4, 0.5) is 4.39 Å². The second kappa shape index (κ2) is 10.9. The van der Waals surface area contributed by atoms with E-state index >= 15 is 0 Å². The van der Waals surface area contributed by atoms with Gasteiger partial charge in [0.2, 0.25) is 0 Å². The maximum atomic E-state index is 13.8. The van der Waals surface area contributed by atoms with Crippen LogP contribution in [0.2, 0.25) is 0 Å². The van der Waals surface area contributed by atoms with Gasteiger partial charge in [-0.25, -0.2) is 4.39 Å². The van der Waals surface area contributed by atoms with Gasteiger partial charge in [-0.2, -0.15) is 0 Å². The number of hydrogen-bond acceptors (Lipinski definition) is 3. The fraction of sp³-hybridized carbons (Fsp3) is 0.632. The van der Waals surface area contributed by atoms with Crippen molar-refractivity contribution in [3.05, 3.63) is 29.6 Å². The Morgan fingerprint density at radius 1 is 1.23 bits per heavy atom. The average molecular weight is 478 g/mol. The van der Waals surface area contributed by atoms with Crippen LogP contribution in [-0.2, 0) is 6.54 Å². The molecule has 0 spiro atoms. The van der Waals surface area contributed by atoms with E-state index in [1.165, 1.54) is 32.4 Å². The van der Waals surface area contributed by atoms with Gasteiger partial charge in [0, 0.05) is 25.7 Å². The number of nitrogens with one attached hydrogen (secondary N) is 2. The number of methoxy groups -OCH3 is 1. The second-order valence-corrected chi connectivity index (χ2v) is 7.11. The van der Waals surface area contributed by atoms with Crippen molar-refractivity contribution in [3.8, 4) is 5.75 Å². The molecular weight excluding hydrogens is 446 g/mol. The molecular formula is C19H32FIN4O. The average Bonchev–Trinajstić information content (AvgIpc) is 2.62. The van der Waals surface area contributed by atoms with Gasteiger partial charge in [-0.1, -0.05) is 12.5 Å². The van der Waals surface area contributed by atoms with Crippen molar-refractivity contribution in [2.24, 2.45) is 4.99 Å². The minimum Gasteiger partial charge on any atom is -0.494 e. The maximum Gasteiger partial charge on any atom is 0.191 e. The number of nitrogens with zero attached hydrogens (tertiary/aromatic N) is 2. The lowest BCUT2D eigenvalue weighted by Gasteiger charge is -2.41. The fourth-order valence-electron chi connectivity index (χ4n) is 3.14. The first-order chi connectivity index (χ1) is 12.0. The third-order valence-corrected chi connectivity index (χ3v) is 4.80.